The number of ether oxygens (including phenoxy) is 1. The van der Waals surface area contributed by atoms with Gasteiger partial charge in [0.15, 0.2) is 5.82 Å². The van der Waals surface area contributed by atoms with Crippen LogP contribution < -0.4 is 5.73 Å². The molecular formula is C18H25N5O2. The third-order valence-electron chi connectivity index (χ3n) is 4.20. The highest BCUT2D eigenvalue weighted by Crippen LogP contribution is 2.28. The van der Waals surface area contributed by atoms with E-state index in [1.54, 1.807) is 4.90 Å². The SMILES string of the molecule is CC(C)(C)OC(=O)N1CCC(c2nc(-c3ccc(N)cc3)n[nH]2)CC1. The molecule has 1 aliphatic heterocycles. The fraction of sp³-hybridized carbons (Fsp3) is 0.500. The predicted octanol–water partition coefficient (Wildman–Crippen LogP) is 3.17. The van der Waals surface area contributed by atoms with Crippen LogP contribution in [0.4, 0.5) is 10.5 Å². The number of hydrogen-bond donors (Lipinski definition) is 2. The predicted molar refractivity (Wildman–Crippen MR) is 96.0 cm³/mol. The number of aromatic nitrogens is 3. The summed E-state index contributed by atoms with van der Waals surface area (Å²) >= 11 is 0. The van der Waals surface area contributed by atoms with Crippen molar-refractivity contribution >= 4 is 11.8 Å². The zero-order chi connectivity index (χ0) is 18.0. The molecule has 0 atom stereocenters. The molecule has 0 unspecified atom stereocenters. The van der Waals surface area contributed by atoms with Crippen LogP contribution in [0.15, 0.2) is 24.3 Å². The van der Waals surface area contributed by atoms with E-state index in [1.807, 2.05) is 45.0 Å². The molecule has 1 aliphatic rings. The number of H-pyrrole nitrogens is 1. The van der Waals surface area contributed by atoms with E-state index >= 15 is 0 Å². The van der Waals surface area contributed by atoms with Crippen molar-refractivity contribution in [1.82, 2.24) is 20.1 Å². The van der Waals surface area contributed by atoms with Crippen LogP contribution in [0.3, 0.4) is 0 Å². The zero-order valence-electron chi connectivity index (χ0n) is 15.0. The van der Waals surface area contributed by atoms with Crippen molar-refractivity contribution in [1.29, 1.82) is 0 Å². The minimum absolute atomic E-state index is 0.244. The summed E-state index contributed by atoms with van der Waals surface area (Å²) in [6.07, 6.45) is 1.44. The first-order valence-corrected chi connectivity index (χ1v) is 8.58. The maximum atomic E-state index is 12.1. The normalized spacial score (nSPS) is 16.0. The van der Waals surface area contributed by atoms with Crippen molar-refractivity contribution in [3.05, 3.63) is 30.1 Å². The summed E-state index contributed by atoms with van der Waals surface area (Å²) in [6, 6.07) is 7.50. The lowest BCUT2D eigenvalue weighted by molar-refractivity contribution is 0.0203. The van der Waals surface area contributed by atoms with Gasteiger partial charge in [0.2, 0.25) is 0 Å². The van der Waals surface area contributed by atoms with Gasteiger partial charge in [0.25, 0.3) is 0 Å². The molecule has 2 aromatic rings. The molecule has 7 heteroatoms. The molecule has 134 valence electrons. The van der Waals surface area contributed by atoms with Crippen molar-refractivity contribution in [2.24, 2.45) is 0 Å². The van der Waals surface area contributed by atoms with E-state index in [-0.39, 0.29) is 12.0 Å². The largest absolute Gasteiger partial charge is 0.444 e. The van der Waals surface area contributed by atoms with Gasteiger partial charge in [0.05, 0.1) is 0 Å². The van der Waals surface area contributed by atoms with E-state index in [9.17, 15) is 4.79 Å². The highest BCUT2D eigenvalue weighted by Gasteiger charge is 2.28. The summed E-state index contributed by atoms with van der Waals surface area (Å²) < 4.78 is 5.43. The van der Waals surface area contributed by atoms with Crippen molar-refractivity contribution in [2.75, 3.05) is 18.8 Å². The van der Waals surface area contributed by atoms with E-state index in [2.05, 4.69) is 15.2 Å². The number of anilines is 1. The summed E-state index contributed by atoms with van der Waals surface area (Å²) in [6.45, 7) is 6.97. The number of rotatable bonds is 2. The molecule has 1 aromatic heterocycles. The number of nitrogen functional groups attached to an aromatic ring is 1. The van der Waals surface area contributed by atoms with E-state index < -0.39 is 5.60 Å². The molecule has 7 nitrogen and oxygen atoms in total. The number of amides is 1. The lowest BCUT2D eigenvalue weighted by Gasteiger charge is -2.32. The maximum absolute atomic E-state index is 12.1. The summed E-state index contributed by atoms with van der Waals surface area (Å²) in [5.74, 6) is 1.81. The third-order valence-corrected chi connectivity index (χ3v) is 4.20. The average molecular weight is 343 g/mol. The first-order chi connectivity index (χ1) is 11.8. The Balaban J connectivity index is 1.60. The second kappa shape index (κ2) is 6.74. The second-order valence-corrected chi connectivity index (χ2v) is 7.41. The van der Waals surface area contributed by atoms with Crippen molar-refractivity contribution < 1.29 is 9.53 Å². The smallest absolute Gasteiger partial charge is 0.410 e. The Morgan fingerprint density at radius 2 is 1.88 bits per heavy atom. The van der Waals surface area contributed by atoms with E-state index in [0.717, 1.165) is 24.2 Å². The first-order valence-electron chi connectivity index (χ1n) is 8.58. The van der Waals surface area contributed by atoms with Crippen LogP contribution in [0.25, 0.3) is 11.4 Å². The Hall–Kier alpha value is -2.57. The molecule has 1 saturated heterocycles. The Morgan fingerprint density at radius 3 is 2.48 bits per heavy atom. The Kier molecular flexibility index (Phi) is 4.65. The molecule has 1 fully saturated rings. The van der Waals surface area contributed by atoms with Crippen LogP contribution in [0.5, 0.6) is 0 Å². The minimum atomic E-state index is -0.465. The molecule has 0 spiro atoms. The lowest BCUT2D eigenvalue weighted by Crippen LogP contribution is -2.41. The number of benzene rings is 1. The number of hydrogen-bond acceptors (Lipinski definition) is 5. The maximum Gasteiger partial charge on any atom is 0.410 e. The number of nitrogens with two attached hydrogens (primary N) is 1. The number of carbonyl (C=O) groups is 1. The fourth-order valence-corrected chi connectivity index (χ4v) is 2.88. The molecule has 0 bridgehead atoms. The van der Waals surface area contributed by atoms with E-state index in [4.69, 9.17) is 10.5 Å². The average Bonchev–Trinajstić information content (AvgIpc) is 3.04. The fourth-order valence-electron chi connectivity index (χ4n) is 2.88. The molecule has 0 saturated carbocycles. The number of carbonyl (C=O) groups excluding carboxylic acids is 1. The Labute approximate surface area is 147 Å². The van der Waals surface area contributed by atoms with Gasteiger partial charge in [-0.2, -0.15) is 5.10 Å². The lowest BCUT2D eigenvalue weighted by atomic mass is 9.96. The van der Waals surface area contributed by atoms with Crippen molar-refractivity contribution in [2.45, 2.75) is 45.1 Å². The zero-order valence-corrected chi connectivity index (χ0v) is 15.0. The van der Waals surface area contributed by atoms with Crippen molar-refractivity contribution in [3.8, 4) is 11.4 Å². The molecule has 25 heavy (non-hydrogen) atoms. The highest BCUT2D eigenvalue weighted by molar-refractivity contribution is 5.68. The Morgan fingerprint density at radius 1 is 1.24 bits per heavy atom. The summed E-state index contributed by atoms with van der Waals surface area (Å²) in [7, 11) is 0. The minimum Gasteiger partial charge on any atom is -0.444 e. The highest BCUT2D eigenvalue weighted by atomic mass is 16.6. The van der Waals surface area contributed by atoms with Crippen molar-refractivity contribution in [3.63, 3.8) is 0 Å². The molecule has 0 radical (unpaired) electrons. The van der Waals surface area contributed by atoms with Gasteiger partial charge in [-0.1, -0.05) is 0 Å². The second-order valence-electron chi connectivity index (χ2n) is 7.41. The first kappa shape index (κ1) is 17.3. The summed E-state index contributed by atoms with van der Waals surface area (Å²) in [5.41, 5.74) is 6.90. The number of nitrogens with zero attached hydrogens (tertiary/aromatic N) is 3. The van der Waals surface area contributed by atoms with E-state index in [0.29, 0.717) is 24.6 Å². The number of piperidine rings is 1. The monoisotopic (exact) mass is 343 g/mol. The number of likely N-dealkylation sites (tertiary alicyclic amines) is 1. The summed E-state index contributed by atoms with van der Waals surface area (Å²) in [5, 5.41) is 7.36. The van der Waals surface area contributed by atoms with Gasteiger partial charge >= 0.3 is 6.09 Å². The Bertz CT molecular complexity index is 725. The molecule has 3 N–H and O–H groups in total. The van der Waals surface area contributed by atoms with Gasteiger partial charge in [0, 0.05) is 30.3 Å². The molecule has 0 aliphatic carbocycles. The van der Waals surface area contributed by atoms with Crippen LogP contribution in [-0.4, -0.2) is 44.9 Å². The van der Waals surface area contributed by atoms with Gasteiger partial charge in [-0.15, -0.1) is 0 Å². The van der Waals surface area contributed by atoms with Gasteiger partial charge in [-0.3, -0.25) is 5.10 Å². The van der Waals surface area contributed by atoms with Crippen LogP contribution in [0.1, 0.15) is 45.4 Å². The molecule has 1 amide bonds. The molecule has 3 rings (SSSR count). The molecular weight excluding hydrogens is 318 g/mol. The van der Waals surface area contributed by atoms with Gasteiger partial charge in [-0.05, 0) is 57.9 Å². The van der Waals surface area contributed by atoms with E-state index in [1.165, 1.54) is 0 Å². The topological polar surface area (TPSA) is 97.1 Å². The molecule has 1 aromatic carbocycles. The third kappa shape index (κ3) is 4.29. The number of nitrogens with one attached hydrogen (secondary N) is 1. The van der Waals surface area contributed by atoms with Crippen LogP contribution >= 0.6 is 0 Å². The summed E-state index contributed by atoms with van der Waals surface area (Å²) in [4.78, 5) is 18.5. The standard InChI is InChI=1S/C18H25N5O2/c1-18(2,3)25-17(24)23-10-8-13(9-11-23)16-20-15(21-22-16)12-4-6-14(19)7-5-12/h4-7,13H,8-11,19H2,1-3H3,(H,20,21,22). The van der Waals surface area contributed by atoms with Crippen LogP contribution in [-0.2, 0) is 4.74 Å². The molecule has 2 heterocycles. The number of aromatic amines is 1. The van der Waals surface area contributed by atoms with Crippen LogP contribution in [0, 0.1) is 0 Å². The van der Waals surface area contributed by atoms with Gasteiger partial charge in [-0.25, -0.2) is 9.78 Å². The van der Waals surface area contributed by atoms with Gasteiger partial charge < -0.3 is 15.4 Å². The van der Waals surface area contributed by atoms with Crippen LogP contribution in [0.2, 0.25) is 0 Å². The quantitative estimate of drug-likeness (QED) is 0.816. The van der Waals surface area contributed by atoms with Gasteiger partial charge in [0.1, 0.15) is 11.4 Å².